The van der Waals surface area contributed by atoms with Gasteiger partial charge in [0.15, 0.2) is 0 Å². The van der Waals surface area contributed by atoms with Gasteiger partial charge in [-0.25, -0.2) is 14.3 Å². The van der Waals surface area contributed by atoms with Gasteiger partial charge in [-0.05, 0) is 18.9 Å². The lowest BCUT2D eigenvalue weighted by molar-refractivity contribution is 0.428. The topological polar surface area (TPSA) is 78.7 Å². The standard InChI is InChI=1S/C13H17N5O/c14-18-12(10-4-2-1-3-5-10)6-11(7-13(18)19)17-9-15-8-16-17/h6-10H,1-5,14H2. The Labute approximate surface area is 110 Å². The molecule has 0 atom stereocenters. The van der Waals surface area contributed by atoms with Crippen LogP contribution in [0.4, 0.5) is 0 Å². The lowest BCUT2D eigenvalue weighted by Gasteiger charge is -2.23. The first-order valence-corrected chi connectivity index (χ1v) is 6.63. The normalized spacial score (nSPS) is 16.6. The average Bonchev–Trinajstić information content (AvgIpc) is 2.97. The Hall–Kier alpha value is -2.11. The van der Waals surface area contributed by atoms with Crippen LogP contribution in [0.1, 0.15) is 43.7 Å². The van der Waals surface area contributed by atoms with Gasteiger partial charge in [-0.3, -0.25) is 4.79 Å². The molecule has 1 saturated carbocycles. The summed E-state index contributed by atoms with van der Waals surface area (Å²) >= 11 is 0. The van der Waals surface area contributed by atoms with E-state index in [9.17, 15) is 4.79 Å². The Kier molecular flexibility index (Phi) is 3.06. The molecule has 0 saturated heterocycles. The fourth-order valence-corrected chi connectivity index (χ4v) is 2.77. The summed E-state index contributed by atoms with van der Waals surface area (Å²) in [5, 5.41) is 4.06. The number of pyridine rings is 1. The molecule has 1 fully saturated rings. The van der Waals surface area contributed by atoms with E-state index in [1.807, 2.05) is 6.07 Å². The predicted molar refractivity (Wildman–Crippen MR) is 71.6 cm³/mol. The van der Waals surface area contributed by atoms with E-state index in [2.05, 4.69) is 10.1 Å². The van der Waals surface area contributed by atoms with Gasteiger partial charge in [0.1, 0.15) is 12.7 Å². The monoisotopic (exact) mass is 259 g/mol. The van der Waals surface area contributed by atoms with Crippen molar-refractivity contribution in [3.8, 4) is 5.69 Å². The molecule has 0 unspecified atom stereocenters. The molecule has 0 aliphatic heterocycles. The maximum atomic E-state index is 12.0. The van der Waals surface area contributed by atoms with Crippen LogP contribution in [-0.4, -0.2) is 19.4 Å². The first kappa shape index (κ1) is 12.0. The highest BCUT2D eigenvalue weighted by Crippen LogP contribution is 2.32. The molecule has 6 nitrogen and oxygen atoms in total. The summed E-state index contributed by atoms with van der Waals surface area (Å²) in [4.78, 5) is 15.9. The molecule has 0 bridgehead atoms. The van der Waals surface area contributed by atoms with E-state index in [0.29, 0.717) is 5.92 Å². The van der Waals surface area contributed by atoms with E-state index in [-0.39, 0.29) is 5.56 Å². The second-order valence-electron chi connectivity index (χ2n) is 5.02. The summed E-state index contributed by atoms with van der Waals surface area (Å²) in [6, 6.07) is 3.44. The molecule has 2 aromatic rings. The van der Waals surface area contributed by atoms with Gasteiger partial charge in [0, 0.05) is 17.7 Å². The highest BCUT2D eigenvalue weighted by atomic mass is 16.1. The van der Waals surface area contributed by atoms with Crippen LogP contribution in [0, 0.1) is 0 Å². The van der Waals surface area contributed by atoms with Gasteiger partial charge >= 0.3 is 0 Å². The SMILES string of the molecule is Nn1c(C2CCCCC2)cc(-n2cncn2)cc1=O. The van der Waals surface area contributed by atoms with Crippen LogP contribution < -0.4 is 11.4 Å². The van der Waals surface area contributed by atoms with E-state index >= 15 is 0 Å². The Morgan fingerprint density at radius 1 is 1.21 bits per heavy atom. The highest BCUT2D eigenvalue weighted by Gasteiger charge is 2.19. The summed E-state index contributed by atoms with van der Waals surface area (Å²) in [6.45, 7) is 0. The smallest absolute Gasteiger partial charge is 0.271 e. The lowest BCUT2D eigenvalue weighted by atomic mass is 9.86. The molecule has 0 amide bonds. The maximum Gasteiger partial charge on any atom is 0.271 e. The summed E-state index contributed by atoms with van der Waals surface area (Å²) in [6.07, 6.45) is 8.90. The number of nitrogen functional groups attached to an aromatic ring is 1. The van der Waals surface area contributed by atoms with Gasteiger partial charge in [-0.2, -0.15) is 5.10 Å². The molecule has 6 heteroatoms. The van der Waals surface area contributed by atoms with Gasteiger partial charge in [0.05, 0.1) is 5.69 Å². The van der Waals surface area contributed by atoms with Crippen LogP contribution in [0.2, 0.25) is 0 Å². The van der Waals surface area contributed by atoms with Crippen molar-refractivity contribution >= 4 is 0 Å². The van der Waals surface area contributed by atoms with Crippen molar-refractivity contribution in [2.24, 2.45) is 0 Å². The first-order valence-electron chi connectivity index (χ1n) is 6.63. The van der Waals surface area contributed by atoms with Gasteiger partial charge in [0.25, 0.3) is 5.56 Å². The first-order chi connectivity index (χ1) is 9.25. The third-order valence-electron chi connectivity index (χ3n) is 3.79. The van der Waals surface area contributed by atoms with Crippen molar-refractivity contribution in [1.82, 2.24) is 19.4 Å². The number of rotatable bonds is 2. The molecule has 1 aliphatic carbocycles. The van der Waals surface area contributed by atoms with Crippen molar-refractivity contribution in [2.75, 3.05) is 5.84 Å². The van der Waals surface area contributed by atoms with Gasteiger partial charge in [-0.15, -0.1) is 0 Å². The number of aromatic nitrogens is 4. The lowest BCUT2D eigenvalue weighted by Crippen LogP contribution is -2.32. The van der Waals surface area contributed by atoms with Crippen molar-refractivity contribution in [3.63, 3.8) is 0 Å². The minimum Gasteiger partial charge on any atom is -0.336 e. The van der Waals surface area contributed by atoms with Gasteiger partial charge in [0.2, 0.25) is 0 Å². The third-order valence-corrected chi connectivity index (χ3v) is 3.79. The Morgan fingerprint density at radius 3 is 2.68 bits per heavy atom. The van der Waals surface area contributed by atoms with E-state index in [0.717, 1.165) is 24.2 Å². The van der Waals surface area contributed by atoms with E-state index in [4.69, 9.17) is 5.84 Å². The molecule has 0 spiro atoms. The number of hydrogen-bond acceptors (Lipinski definition) is 4. The van der Waals surface area contributed by atoms with Crippen molar-refractivity contribution in [2.45, 2.75) is 38.0 Å². The molecule has 3 rings (SSSR count). The minimum atomic E-state index is -0.200. The van der Waals surface area contributed by atoms with Crippen LogP contribution >= 0.6 is 0 Å². The summed E-state index contributed by atoms with van der Waals surface area (Å²) < 4.78 is 2.87. The summed E-state index contributed by atoms with van der Waals surface area (Å²) in [5.41, 5.74) is 1.43. The Bertz CT molecular complexity index is 610. The van der Waals surface area contributed by atoms with Gasteiger partial charge < -0.3 is 5.84 Å². The third kappa shape index (κ3) is 2.25. The maximum absolute atomic E-state index is 12.0. The zero-order valence-corrected chi connectivity index (χ0v) is 10.7. The van der Waals surface area contributed by atoms with Crippen LogP contribution in [0.3, 0.4) is 0 Å². The average molecular weight is 259 g/mol. The molecule has 2 aromatic heterocycles. The molecule has 0 aromatic carbocycles. The fourth-order valence-electron chi connectivity index (χ4n) is 2.77. The summed E-state index contributed by atoms with van der Waals surface area (Å²) in [5.74, 6) is 6.26. The minimum absolute atomic E-state index is 0.200. The summed E-state index contributed by atoms with van der Waals surface area (Å²) in [7, 11) is 0. The van der Waals surface area contributed by atoms with Crippen LogP contribution in [0.15, 0.2) is 29.6 Å². The van der Waals surface area contributed by atoms with E-state index in [1.54, 1.807) is 11.0 Å². The van der Waals surface area contributed by atoms with Crippen LogP contribution in [0.5, 0.6) is 0 Å². The van der Waals surface area contributed by atoms with E-state index in [1.165, 1.54) is 36.3 Å². The van der Waals surface area contributed by atoms with Crippen LogP contribution in [-0.2, 0) is 0 Å². The largest absolute Gasteiger partial charge is 0.336 e. The molecule has 19 heavy (non-hydrogen) atoms. The van der Waals surface area contributed by atoms with Crippen molar-refractivity contribution in [3.05, 3.63) is 40.8 Å². The molecular formula is C13H17N5O. The highest BCUT2D eigenvalue weighted by molar-refractivity contribution is 5.33. The molecule has 2 heterocycles. The quantitative estimate of drug-likeness (QED) is 0.822. The zero-order chi connectivity index (χ0) is 13.2. The number of nitrogens with two attached hydrogens (primary N) is 1. The van der Waals surface area contributed by atoms with Crippen molar-refractivity contribution in [1.29, 1.82) is 0 Å². The Balaban J connectivity index is 2.05. The predicted octanol–water partition coefficient (Wildman–Crippen LogP) is 1.19. The van der Waals surface area contributed by atoms with Gasteiger partial charge in [-0.1, -0.05) is 19.3 Å². The second kappa shape index (κ2) is 4.87. The number of nitrogens with zero attached hydrogens (tertiary/aromatic N) is 4. The second-order valence-corrected chi connectivity index (χ2v) is 5.02. The fraction of sp³-hybridized carbons (Fsp3) is 0.462. The van der Waals surface area contributed by atoms with Crippen LogP contribution in [0.25, 0.3) is 5.69 Å². The number of hydrogen-bond donors (Lipinski definition) is 1. The molecular weight excluding hydrogens is 242 g/mol. The van der Waals surface area contributed by atoms with Crippen molar-refractivity contribution < 1.29 is 0 Å². The molecule has 1 aliphatic rings. The Morgan fingerprint density at radius 2 is 2.00 bits per heavy atom. The zero-order valence-electron chi connectivity index (χ0n) is 10.7. The molecule has 100 valence electrons. The van der Waals surface area contributed by atoms with E-state index < -0.39 is 0 Å². The molecule has 0 radical (unpaired) electrons. The molecule has 2 N–H and O–H groups in total.